The lowest BCUT2D eigenvalue weighted by molar-refractivity contribution is 0.102. The number of aromatic nitrogens is 2. The predicted octanol–water partition coefficient (Wildman–Crippen LogP) is 5.42. The van der Waals surface area contributed by atoms with Crippen molar-refractivity contribution in [1.29, 1.82) is 0 Å². The van der Waals surface area contributed by atoms with Crippen LogP contribution in [0, 0.1) is 19.7 Å². The van der Waals surface area contributed by atoms with E-state index in [4.69, 9.17) is 11.6 Å². The zero-order chi connectivity index (χ0) is 21.3. The molecule has 1 amide bonds. The maximum atomic E-state index is 13.4. The van der Waals surface area contributed by atoms with Crippen molar-refractivity contribution >= 4 is 35.6 Å². The highest BCUT2D eigenvalue weighted by Gasteiger charge is 2.27. The number of anilines is 1. The first-order valence-corrected chi connectivity index (χ1v) is 10.4. The minimum absolute atomic E-state index is 0. The second-order valence-corrected chi connectivity index (χ2v) is 8.13. The molecule has 31 heavy (non-hydrogen) atoms. The molecule has 1 fully saturated rings. The van der Waals surface area contributed by atoms with E-state index < -0.39 is 0 Å². The van der Waals surface area contributed by atoms with Crippen molar-refractivity contribution in [2.24, 2.45) is 0 Å². The van der Waals surface area contributed by atoms with Gasteiger partial charge in [0.15, 0.2) is 0 Å². The van der Waals surface area contributed by atoms with Crippen molar-refractivity contribution in [2.75, 3.05) is 18.4 Å². The van der Waals surface area contributed by atoms with Crippen LogP contribution in [0.2, 0.25) is 5.02 Å². The third-order valence-electron chi connectivity index (χ3n) is 5.61. The average molecular weight is 463 g/mol. The fourth-order valence-electron chi connectivity index (χ4n) is 3.90. The van der Waals surface area contributed by atoms with Crippen LogP contribution >= 0.6 is 24.0 Å². The molecule has 1 aromatic heterocycles. The minimum Gasteiger partial charge on any atom is -0.322 e. The second kappa shape index (κ2) is 9.81. The molecule has 0 radical (unpaired) electrons. The smallest absolute Gasteiger partial charge is 0.259 e. The van der Waals surface area contributed by atoms with Gasteiger partial charge in [-0.05, 0) is 81.2 Å². The topological polar surface area (TPSA) is 59.0 Å². The van der Waals surface area contributed by atoms with Crippen LogP contribution in [0.25, 0.3) is 5.69 Å². The first-order chi connectivity index (χ1) is 14.4. The van der Waals surface area contributed by atoms with Gasteiger partial charge in [0.25, 0.3) is 5.91 Å². The van der Waals surface area contributed by atoms with Gasteiger partial charge in [-0.15, -0.1) is 12.4 Å². The second-order valence-electron chi connectivity index (χ2n) is 7.73. The summed E-state index contributed by atoms with van der Waals surface area (Å²) in [5, 5.41) is 11.5. The average Bonchev–Trinajstić information content (AvgIpc) is 3.18. The Hall–Kier alpha value is -2.41. The van der Waals surface area contributed by atoms with Crippen molar-refractivity contribution in [3.63, 3.8) is 0 Å². The molecule has 8 heteroatoms. The zero-order valence-corrected chi connectivity index (χ0v) is 19.0. The first kappa shape index (κ1) is 23.3. The normalized spacial score (nSPS) is 14.2. The molecule has 2 aromatic carbocycles. The van der Waals surface area contributed by atoms with Gasteiger partial charge in [-0.25, -0.2) is 9.07 Å². The summed E-state index contributed by atoms with van der Waals surface area (Å²) in [4.78, 5) is 13.2. The molecule has 0 saturated carbocycles. The van der Waals surface area contributed by atoms with Crippen LogP contribution in [0.1, 0.15) is 45.9 Å². The molecular weight excluding hydrogens is 438 g/mol. The van der Waals surface area contributed by atoms with E-state index in [1.54, 1.807) is 19.2 Å². The summed E-state index contributed by atoms with van der Waals surface area (Å²) in [5.74, 6) is -0.378. The molecule has 0 unspecified atom stereocenters. The largest absolute Gasteiger partial charge is 0.322 e. The maximum absolute atomic E-state index is 13.4. The Labute approximate surface area is 192 Å². The SMILES string of the molecule is Cc1ccc(-n2ncc(C(=O)Nc3ccc(F)cc3C)c2C2CCNCC2)cc1Cl.Cl. The van der Waals surface area contributed by atoms with Crippen LogP contribution < -0.4 is 10.6 Å². The van der Waals surface area contributed by atoms with Crippen molar-refractivity contribution in [3.05, 3.63) is 75.8 Å². The van der Waals surface area contributed by atoms with Gasteiger partial charge in [0.05, 0.1) is 23.1 Å². The third-order valence-corrected chi connectivity index (χ3v) is 6.02. The fourth-order valence-corrected chi connectivity index (χ4v) is 4.07. The Kier molecular flexibility index (Phi) is 7.36. The fraction of sp³-hybridized carbons (Fsp3) is 0.304. The van der Waals surface area contributed by atoms with Crippen molar-refractivity contribution in [2.45, 2.75) is 32.6 Å². The number of aryl methyl sites for hydroxylation is 2. The maximum Gasteiger partial charge on any atom is 0.259 e. The number of rotatable bonds is 4. The molecule has 0 bridgehead atoms. The highest BCUT2D eigenvalue weighted by atomic mass is 35.5. The van der Waals surface area contributed by atoms with Crippen LogP contribution in [0.4, 0.5) is 10.1 Å². The Balaban J connectivity index is 0.00000272. The van der Waals surface area contributed by atoms with E-state index in [2.05, 4.69) is 15.7 Å². The van der Waals surface area contributed by atoms with E-state index in [9.17, 15) is 9.18 Å². The Morgan fingerprint density at radius 1 is 1.16 bits per heavy atom. The quantitative estimate of drug-likeness (QED) is 0.543. The van der Waals surface area contributed by atoms with Crippen LogP contribution in [0.15, 0.2) is 42.6 Å². The molecule has 1 aliphatic heterocycles. The van der Waals surface area contributed by atoms with E-state index in [1.165, 1.54) is 12.1 Å². The van der Waals surface area contributed by atoms with Crippen LogP contribution in [0.5, 0.6) is 0 Å². The lowest BCUT2D eigenvalue weighted by Crippen LogP contribution is -2.29. The number of hydrogen-bond donors (Lipinski definition) is 2. The minimum atomic E-state index is -0.329. The van der Waals surface area contributed by atoms with Crippen LogP contribution in [-0.2, 0) is 0 Å². The zero-order valence-electron chi connectivity index (χ0n) is 17.4. The van der Waals surface area contributed by atoms with Gasteiger partial charge in [0.2, 0.25) is 0 Å². The highest BCUT2D eigenvalue weighted by Crippen LogP contribution is 2.32. The van der Waals surface area contributed by atoms with Crippen LogP contribution in [0.3, 0.4) is 0 Å². The molecule has 0 spiro atoms. The predicted molar refractivity (Wildman–Crippen MR) is 124 cm³/mol. The standard InChI is InChI=1S/C23H24ClFN4O.ClH/c1-14-3-5-18(12-20(14)24)29-22(16-7-9-26-10-8-16)19(13-27-29)23(30)28-21-6-4-17(25)11-15(21)2;/h3-6,11-13,16,26H,7-10H2,1-2H3,(H,28,30);1H. The number of carbonyl (C=O) groups excluding carboxylic acids is 1. The molecule has 2 N–H and O–H groups in total. The summed E-state index contributed by atoms with van der Waals surface area (Å²) in [6.07, 6.45) is 3.45. The van der Waals surface area contributed by atoms with E-state index in [0.29, 0.717) is 21.8 Å². The summed E-state index contributed by atoms with van der Waals surface area (Å²) in [7, 11) is 0. The Morgan fingerprint density at radius 3 is 2.58 bits per heavy atom. The van der Waals surface area contributed by atoms with Gasteiger partial charge in [0.1, 0.15) is 5.82 Å². The summed E-state index contributed by atoms with van der Waals surface area (Å²) in [5.41, 5.74) is 4.49. The molecule has 3 aromatic rings. The lowest BCUT2D eigenvalue weighted by Gasteiger charge is -2.25. The number of benzene rings is 2. The molecule has 1 aliphatic rings. The molecule has 2 heterocycles. The number of amides is 1. The van der Waals surface area contributed by atoms with Gasteiger partial charge >= 0.3 is 0 Å². The van der Waals surface area contributed by atoms with Gasteiger partial charge in [-0.1, -0.05) is 17.7 Å². The molecular formula is C23H25Cl2FN4O. The first-order valence-electron chi connectivity index (χ1n) is 10.1. The molecule has 1 saturated heterocycles. The number of halogens is 3. The molecule has 164 valence electrons. The molecule has 4 rings (SSSR count). The molecule has 5 nitrogen and oxygen atoms in total. The van der Waals surface area contributed by atoms with E-state index in [-0.39, 0.29) is 30.0 Å². The summed E-state index contributed by atoms with van der Waals surface area (Å²) >= 11 is 6.35. The lowest BCUT2D eigenvalue weighted by atomic mass is 9.91. The molecule has 0 aliphatic carbocycles. The van der Waals surface area contributed by atoms with Gasteiger partial charge in [0, 0.05) is 16.6 Å². The van der Waals surface area contributed by atoms with Crippen molar-refractivity contribution in [3.8, 4) is 5.69 Å². The number of carbonyl (C=O) groups is 1. The van der Waals surface area contributed by atoms with Gasteiger partial charge in [-0.3, -0.25) is 4.79 Å². The number of nitrogens with one attached hydrogen (secondary N) is 2. The summed E-state index contributed by atoms with van der Waals surface area (Å²) < 4.78 is 15.3. The van der Waals surface area contributed by atoms with E-state index in [1.807, 2.05) is 29.8 Å². The highest BCUT2D eigenvalue weighted by molar-refractivity contribution is 6.31. The number of piperidine rings is 1. The van der Waals surface area contributed by atoms with Crippen LogP contribution in [-0.4, -0.2) is 28.8 Å². The van der Waals surface area contributed by atoms with Crippen molar-refractivity contribution in [1.82, 2.24) is 15.1 Å². The number of nitrogens with zero attached hydrogens (tertiary/aromatic N) is 2. The Bertz CT molecular complexity index is 1090. The van der Waals surface area contributed by atoms with Gasteiger partial charge < -0.3 is 10.6 Å². The summed E-state index contributed by atoms with van der Waals surface area (Å²) in [6.45, 7) is 5.50. The molecule has 0 atom stereocenters. The number of hydrogen-bond acceptors (Lipinski definition) is 3. The summed E-state index contributed by atoms with van der Waals surface area (Å²) in [6, 6.07) is 10.1. The van der Waals surface area contributed by atoms with E-state index >= 15 is 0 Å². The van der Waals surface area contributed by atoms with E-state index in [0.717, 1.165) is 42.9 Å². The van der Waals surface area contributed by atoms with Crippen molar-refractivity contribution < 1.29 is 9.18 Å². The third kappa shape index (κ3) is 4.92. The Morgan fingerprint density at radius 2 is 1.90 bits per heavy atom. The monoisotopic (exact) mass is 462 g/mol. The van der Waals surface area contributed by atoms with Gasteiger partial charge in [-0.2, -0.15) is 5.10 Å².